The van der Waals surface area contributed by atoms with Crippen molar-refractivity contribution in [2.24, 2.45) is 0 Å². The van der Waals surface area contributed by atoms with Gasteiger partial charge in [0.2, 0.25) is 0 Å². The highest BCUT2D eigenvalue weighted by molar-refractivity contribution is 6.32. The number of hydrogen-bond acceptors (Lipinski definition) is 2. The molecule has 0 saturated heterocycles. The summed E-state index contributed by atoms with van der Waals surface area (Å²) < 4.78 is 5.00. The van der Waals surface area contributed by atoms with Gasteiger partial charge in [-0.05, 0) is 18.2 Å². The number of carbonyl (C=O) groups is 1. The molecule has 0 aliphatic rings. The van der Waals surface area contributed by atoms with E-state index in [1.54, 1.807) is 18.2 Å². The number of halogens is 1. The van der Waals surface area contributed by atoms with Crippen LogP contribution in [0.3, 0.4) is 0 Å². The summed E-state index contributed by atoms with van der Waals surface area (Å²) in [5, 5.41) is 0.426. The lowest BCUT2D eigenvalue weighted by atomic mass is 10.1. The number of rotatable bonds is 3. The van der Waals surface area contributed by atoms with Gasteiger partial charge in [0.1, 0.15) is 5.75 Å². The van der Waals surface area contributed by atoms with E-state index in [1.165, 1.54) is 13.2 Å². The first-order valence-electron chi connectivity index (χ1n) is 3.70. The molecule has 0 aromatic heterocycles. The predicted molar refractivity (Wildman–Crippen MR) is 52.5 cm³/mol. The van der Waals surface area contributed by atoms with Crippen molar-refractivity contribution in [3.05, 3.63) is 41.4 Å². The minimum Gasteiger partial charge on any atom is -0.494 e. The van der Waals surface area contributed by atoms with Crippen LogP contribution in [0.15, 0.2) is 30.9 Å². The maximum absolute atomic E-state index is 11.3. The second kappa shape index (κ2) is 4.10. The number of allylic oxidation sites excluding steroid dienone is 1. The quantitative estimate of drug-likeness (QED) is 0.549. The van der Waals surface area contributed by atoms with Gasteiger partial charge in [0.25, 0.3) is 0 Å². The van der Waals surface area contributed by atoms with Crippen LogP contribution in [0.2, 0.25) is 5.02 Å². The zero-order valence-electron chi connectivity index (χ0n) is 7.21. The van der Waals surface area contributed by atoms with Gasteiger partial charge in [-0.15, -0.1) is 0 Å². The van der Waals surface area contributed by atoms with E-state index >= 15 is 0 Å². The maximum Gasteiger partial charge on any atom is 0.189 e. The highest BCUT2D eigenvalue weighted by Crippen LogP contribution is 2.28. The number of benzene rings is 1. The van der Waals surface area contributed by atoms with E-state index in [4.69, 9.17) is 16.3 Å². The molecule has 0 heterocycles. The van der Waals surface area contributed by atoms with Gasteiger partial charge in [-0.2, -0.15) is 0 Å². The van der Waals surface area contributed by atoms with Crippen molar-refractivity contribution in [2.45, 2.75) is 0 Å². The Hall–Kier alpha value is -1.28. The molecular formula is C10H9ClO2. The van der Waals surface area contributed by atoms with Crippen LogP contribution in [0.4, 0.5) is 0 Å². The maximum atomic E-state index is 11.3. The average Bonchev–Trinajstić information content (AvgIpc) is 2.16. The second-order valence-electron chi connectivity index (χ2n) is 2.39. The number of hydrogen-bond donors (Lipinski definition) is 0. The number of ether oxygens (including phenoxy) is 1. The molecule has 3 heteroatoms. The molecule has 13 heavy (non-hydrogen) atoms. The normalized spacial score (nSPS) is 9.38. The van der Waals surface area contributed by atoms with Gasteiger partial charge in [-0.25, -0.2) is 0 Å². The lowest BCUT2D eigenvalue weighted by molar-refractivity contribution is 0.104. The van der Waals surface area contributed by atoms with E-state index < -0.39 is 0 Å². The molecule has 0 saturated carbocycles. The fraction of sp³-hybridized carbons (Fsp3) is 0.100. The third-order valence-corrected chi connectivity index (χ3v) is 1.92. The Balaban J connectivity index is 3.27. The van der Waals surface area contributed by atoms with Gasteiger partial charge in [-0.3, -0.25) is 4.79 Å². The SMILES string of the molecule is C=CC(=O)c1cccc(Cl)c1OC. The fourth-order valence-corrected chi connectivity index (χ4v) is 1.27. The van der Waals surface area contributed by atoms with Crippen LogP contribution in [0.1, 0.15) is 10.4 Å². The number of ketones is 1. The molecule has 0 fully saturated rings. The summed E-state index contributed by atoms with van der Waals surface area (Å²) in [4.78, 5) is 11.3. The third kappa shape index (κ3) is 1.90. The molecule has 2 nitrogen and oxygen atoms in total. The topological polar surface area (TPSA) is 26.3 Å². The van der Waals surface area contributed by atoms with E-state index in [2.05, 4.69) is 6.58 Å². The zero-order valence-corrected chi connectivity index (χ0v) is 7.97. The Morgan fingerprint density at radius 2 is 2.31 bits per heavy atom. The molecule has 0 aliphatic carbocycles. The molecule has 1 aromatic carbocycles. The first-order valence-corrected chi connectivity index (χ1v) is 4.07. The highest BCUT2D eigenvalue weighted by Gasteiger charge is 2.11. The molecule has 0 aliphatic heterocycles. The Morgan fingerprint density at radius 3 is 2.85 bits per heavy atom. The van der Waals surface area contributed by atoms with Crippen molar-refractivity contribution in [3.8, 4) is 5.75 Å². The van der Waals surface area contributed by atoms with Crippen molar-refractivity contribution in [1.29, 1.82) is 0 Å². The Kier molecular flexibility index (Phi) is 3.09. The fourth-order valence-electron chi connectivity index (χ4n) is 1.02. The molecule has 1 aromatic rings. The monoisotopic (exact) mass is 196 g/mol. The van der Waals surface area contributed by atoms with Crippen LogP contribution in [0, 0.1) is 0 Å². The first-order chi connectivity index (χ1) is 6.20. The van der Waals surface area contributed by atoms with Gasteiger partial charge in [0.15, 0.2) is 5.78 Å². The molecule has 0 unspecified atom stereocenters. The van der Waals surface area contributed by atoms with Crippen LogP contribution in [0.5, 0.6) is 5.75 Å². The lowest BCUT2D eigenvalue weighted by Crippen LogP contribution is -1.98. The smallest absolute Gasteiger partial charge is 0.189 e. The molecule has 1 rings (SSSR count). The van der Waals surface area contributed by atoms with Crippen molar-refractivity contribution in [2.75, 3.05) is 7.11 Å². The van der Waals surface area contributed by atoms with Crippen LogP contribution in [-0.4, -0.2) is 12.9 Å². The Bertz CT molecular complexity index is 345. The van der Waals surface area contributed by atoms with E-state index in [0.717, 1.165) is 0 Å². The average molecular weight is 197 g/mol. The van der Waals surface area contributed by atoms with Crippen molar-refractivity contribution in [3.63, 3.8) is 0 Å². The van der Waals surface area contributed by atoms with Crippen molar-refractivity contribution < 1.29 is 9.53 Å². The molecule has 0 radical (unpaired) electrons. The predicted octanol–water partition coefficient (Wildman–Crippen LogP) is 2.72. The van der Waals surface area contributed by atoms with E-state index in [-0.39, 0.29) is 5.78 Å². The van der Waals surface area contributed by atoms with Crippen molar-refractivity contribution >= 4 is 17.4 Å². The van der Waals surface area contributed by atoms with Gasteiger partial charge < -0.3 is 4.74 Å². The third-order valence-electron chi connectivity index (χ3n) is 1.62. The number of carbonyl (C=O) groups excluding carboxylic acids is 1. The summed E-state index contributed by atoms with van der Waals surface area (Å²) in [5.74, 6) is 0.202. The van der Waals surface area contributed by atoms with Gasteiger partial charge in [-0.1, -0.05) is 24.2 Å². The molecule has 0 spiro atoms. The van der Waals surface area contributed by atoms with Gasteiger partial charge in [0, 0.05) is 0 Å². The van der Waals surface area contributed by atoms with Crippen LogP contribution in [0.25, 0.3) is 0 Å². The number of para-hydroxylation sites is 1. The van der Waals surface area contributed by atoms with Crippen LogP contribution in [-0.2, 0) is 0 Å². The van der Waals surface area contributed by atoms with Crippen molar-refractivity contribution in [1.82, 2.24) is 0 Å². The molecule has 0 amide bonds. The van der Waals surface area contributed by atoms with E-state index in [0.29, 0.717) is 16.3 Å². The summed E-state index contributed by atoms with van der Waals surface area (Å²) in [7, 11) is 1.47. The summed E-state index contributed by atoms with van der Waals surface area (Å²) >= 11 is 5.82. The Labute approximate surface area is 81.8 Å². The summed E-state index contributed by atoms with van der Waals surface area (Å²) in [5.41, 5.74) is 0.435. The Morgan fingerprint density at radius 1 is 1.62 bits per heavy atom. The van der Waals surface area contributed by atoms with E-state index in [1.807, 2.05) is 0 Å². The largest absolute Gasteiger partial charge is 0.494 e. The highest BCUT2D eigenvalue weighted by atomic mass is 35.5. The van der Waals surface area contributed by atoms with Gasteiger partial charge in [0.05, 0.1) is 17.7 Å². The molecular weight excluding hydrogens is 188 g/mol. The zero-order chi connectivity index (χ0) is 9.84. The minimum atomic E-state index is -0.195. The molecule has 68 valence electrons. The minimum absolute atomic E-state index is 0.195. The van der Waals surface area contributed by atoms with Crippen LogP contribution < -0.4 is 4.74 Å². The molecule has 0 atom stereocenters. The molecule has 0 bridgehead atoms. The van der Waals surface area contributed by atoms with Crippen LogP contribution >= 0.6 is 11.6 Å². The summed E-state index contributed by atoms with van der Waals surface area (Å²) in [6.45, 7) is 3.39. The molecule has 0 N–H and O–H groups in total. The summed E-state index contributed by atoms with van der Waals surface area (Å²) in [6, 6.07) is 5.01. The number of methoxy groups -OCH3 is 1. The van der Waals surface area contributed by atoms with E-state index in [9.17, 15) is 4.79 Å². The lowest BCUT2D eigenvalue weighted by Gasteiger charge is -2.06. The summed E-state index contributed by atoms with van der Waals surface area (Å²) in [6.07, 6.45) is 1.23. The second-order valence-corrected chi connectivity index (χ2v) is 2.80. The van der Waals surface area contributed by atoms with Gasteiger partial charge >= 0.3 is 0 Å². The first kappa shape index (κ1) is 9.81. The standard InChI is InChI=1S/C10H9ClO2/c1-3-9(12)7-5-4-6-8(11)10(7)13-2/h3-6H,1H2,2H3.